The van der Waals surface area contributed by atoms with Gasteiger partial charge >= 0.3 is 5.97 Å². The van der Waals surface area contributed by atoms with Crippen molar-refractivity contribution in [3.8, 4) is 0 Å². The fourth-order valence-corrected chi connectivity index (χ4v) is 0.723. The fraction of sp³-hybridized carbons (Fsp3) is 0.875. The van der Waals surface area contributed by atoms with Gasteiger partial charge in [-0.15, -0.1) is 0 Å². The van der Waals surface area contributed by atoms with Crippen molar-refractivity contribution in [2.45, 2.75) is 13.8 Å². The Morgan fingerprint density at radius 2 is 1.92 bits per heavy atom. The highest BCUT2D eigenvalue weighted by Crippen LogP contribution is 1.87. The average molecular weight is 175 g/mol. The normalized spacial score (nSPS) is 10.3. The molecule has 0 saturated carbocycles. The smallest absolute Gasteiger partial charge is 0.331 e. The van der Waals surface area contributed by atoms with Crippen LogP contribution in [0.3, 0.4) is 0 Å². The third-order valence-corrected chi connectivity index (χ3v) is 1.62. The molecule has 0 fully saturated rings. The molecular formula is C8H17NO3. The van der Waals surface area contributed by atoms with Gasteiger partial charge in [0.25, 0.3) is 0 Å². The molecule has 0 aliphatic heterocycles. The summed E-state index contributed by atoms with van der Waals surface area (Å²) in [6, 6.07) is 0. The van der Waals surface area contributed by atoms with Gasteiger partial charge in [-0.05, 0) is 13.1 Å². The van der Waals surface area contributed by atoms with Crippen LogP contribution in [0.1, 0.15) is 13.8 Å². The molecule has 72 valence electrons. The maximum Gasteiger partial charge on any atom is 0.331 e. The zero-order valence-electron chi connectivity index (χ0n) is 8.00. The van der Waals surface area contributed by atoms with Crippen molar-refractivity contribution in [3.05, 3.63) is 0 Å². The summed E-state index contributed by atoms with van der Waals surface area (Å²) in [5, 5.41) is 0. The van der Waals surface area contributed by atoms with Gasteiger partial charge in [0.05, 0.1) is 13.8 Å². The summed E-state index contributed by atoms with van der Waals surface area (Å²) in [4.78, 5) is 12.7. The Morgan fingerprint density at radius 1 is 1.33 bits per heavy atom. The lowest BCUT2D eigenvalue weighted by molar-refractivity contribution is -0.147. The number of hydrogen-bond acceptors (Lipinski definition) is 4. The lowest BCUT2D eigenvalue weighted by Gasteiger charge is -2.16. The summed E-state index contributed by atoms with van der Waals surface area (Å²) in [7, 11) is 1.35. The standard InChI is InChI=1S/C8H17NO3/c1-4-9(5-2)7-12-6-8(10)11-3/h4-7H2,1-3H3. The molecule has 0 aromatic rings. The molecule has 0 amide bonds. The Kier molecular flexibility index (Phi) is 6.70. The zero-order valence-corrected chi connectivity index (χ0v) is 8.00. The van der Waals surface area contributed by atoms with Gasteiger partial charge in [0.2, 0.25) is 0 Å². The predicted molar refractivity (Wildman–Crippen MR) is 45.8 cm³/mol. The highest BCUT2D eigenvalue weighted by Gasteiger charge is 2.02. The van der Waals surface area contributed by atoms with Gasteiger partial charge < -0.3 is 9.47 Å². The molecule has 0 rings (SSSR count). The Morgan fingerprint density at radius 3 is 2.33 bits per heavy atom. The van der Waals surface area contributed by atoms with Crippen molar-refractivity contribution in [3.63, 3.8) is 0 Å². The quantitative estimate of drug-likeness (QED) is 0.434. The number of methoxy groups -OCH3 is 1. The molecule has 0 heterocycles. The molecule has 0 bridgehead atoms. The molecule has 4 heteroatoms. The SMILES string of the molecule is CCN(CC)COCC(=O)OC. The summed E-state index contributed by atoms with van der Waals surface area (Å²) in [5.41, 5.74) is 0. The van der Waals surface area contributed by atoms with Crippen LogP contribution < -0.4 is 0 Å². The molecule has 0 aliphatic rings. The van der Waals surface area contributed by atoms with Crippen molar-refractivity contribution in [1.29, 1.82) is 0 Å². The van der Waals surface area contributed by atoms with E-state index in [9.17, 15) is 4.79 Å². The summed E-state index contributed by atoms with van der Waals surface area (Å²) < 4.78 is 9.50. The minimum atomic E-state index is -0.331. The van der Waals surface area contributed by atoms with Crippen molar-refractivity contribution in [2.75, 3.05) is 33.5 Å². The minimum Gasteiger partial charge on any atom is -0.467 e. The lowest BCUT2D eigenvalue weighted by atomic mass is 10.6. The van der Waals surface area contributed by atoms with Crippen LogP contribution in [0.5, 0.6) is 0 Å². The van der Waals surface area contributed by atoms with E-state index >= 15 is 0 Å². The van der Waals surface area contributed by atoms with E-state index in [-0.39, 0.29) is 12.6 Å². The Hall–Kier alpha value is -0.610. The molecule has 0 atom stereocenters. The molecule has 0 unspecified atom stereocenters. The minimum absolute atomic E-state index is 0.0347. The van der Waals surface area contributed by atoms with Crippen LogP contribution in [-0.2, 0) is 14.3 Å². The molecule has 12 heavy (non-hydrogen) atoms. The molecule has 0 saturated heterocycles. The van der Waals surface area contributed by atoms with Gasteiger partial charge in [0, 0.05) is 0 Å². The van der Waals surface area contributed by atoms with Crippen LogP contribution in [0, 0.1) is 0 Å². The van der Waals surface area contributed by atoms with E-state index < -0.39 is 0 Å². The number of carbonyl (C=O) groups excluding carboxylic acids is 1. The summed E-state index contributed by atoms with van der Waals surface area (Å²) in [5.74, 6) is -0.331. The number of hydrogen-bond donors (Lipinski definition) is 0. The van der Waals surface area contributed by atoms with Crippen molar-refractivity contribution in [1.82, 2.24) is 4.90 Å². The van der Waals surface area contributed by atoms with E-state index in [1.165, 1.54) is 7.11 Å². The predicted octanol–water partition coefficient (Wildman–Crippen LogP) is 0.475. The lowest BCUT2D eigenvalue weighted by Crippen LogP contribution is -2.27. The second-order valence-electron chi connectivity index (χ2n) is 2.36. The first-order chi connectivity index (χ1) is 5.74. The van der Waals surface area contributed by atoms with Crippen LogP contribution in [0.2, 0.25) is 0 Å². The maximum atomic E-state index is 10.6. The number of ether oxygens (including phenoxy) is 2. The first-order valence-electron chi connectivity index (χ1n) is 4.11. The van der Waals surface area contributed by atoms with Crippen LogP contribution in [0.25, 0.3) is 0 Å². The summed E-state index contributed by atoms with van der Waals surface area (Å²) in [6.45, 7) is 6.47. The molecule has 0 aliphatic carbocycles. The molecule has 0 spiro atoms. The maximum absolute atomic E-state index is 10.6. The molecule has 0 N–H and O–H groups in total. The monoisotopic (exact) mass is 175 g/mol. The van der Waals surface area contributed by atoms with E-state index in [0.29, 0.717) is 6.73 Å². The van der Waals surface area contributed by atoms with E-state index in [0.717, 1.165) is 13.1 Å². The average Bonchev–Trinajstić information content (AvgIpc) is 2.12. The van der Waals surface area contributed by atoms with Gasteiger partial charge in [0.1, 0.15) is 6.61 Å². The second kappa shape index (κ2) is 7.06. The molecular weight excluding hydrogens is 158 g/mol. The molecule has 0 aromatic carbocycles. The Bertz CT molecular complexity index is 123. The van der Waals surface area contributed by atoms with Crippen molar-refractivity contribution < 1.29 is 14.3 Å². The van der Waals surface area contributed by atoms with E-state index in [4.69, 9.17) is 4.74 Å². The highest BCUT2D eigenvalue weighted by molar-refractivity contribution is 5.70. The Labute approximate surface area is 73.4 Å². The topological polar surface area (TPSA) is 38.8 Å². The third-order valence-electron chi connectivity index (χ3n) is 1.62. The molecule has 0 aromatic heterocycles. The van der Waals surface area contributed by atoms with Gasteiger partial charge in [0.15, 0.2) is 0 Å². The van der Waals surface area contributed by atoms with Gasteiger partial charge in [-0.1, -0.05) is 13.8 Å². The fourth-order valence-electron chi connectivity index (χ4n) is 0.723. The van der Waals surface area contributed by atoms with Crippen molar-refractivity contribution >= 4 is 5.97 Å². The number of carbonyl (C=O) groups is 1. The van der Waals surface area contributed by atoms with Crippen LogP contribution in [0.15, 0.2) is 0 Å². The highest BCUT2D eigenvalue weighted by atomic mass is 16.6. The number of esters is 1. The second-order valence-corrected chi connectivity index (χ2v) is 2.36. The van der Waals surface area contributed by atoms with Gasteiger partial charge in [-0.2, -0.15) is 0 Å². The first-order valence-corrected chi connectivity index (χ1v) is 4.11. The van der Waals surface area contributed by atoms with Crippen LogP contribution in [0.4, 0.5) is 0 Å². The van der Waals surface area contributed by atoms with Crippen molar-refractivity contribution in [2.24, 2.45) is 0 Å². The number of rotatable bonds is 6. The van der Waals surface area contributed by atoms with E-state index in [1.54, 1.807) is 0 Å². The van der Waals surface area contributed by atoms with E-state index in [1.807, 2.05) is 13.8 Å². The van der Waals surface area contributed by atoms with Crippen LogP contribution in [-0.4, -0.2) is 44.4 Å². The van der Waals surface area contributed by atoms with E-state index in [2.05, 4.69) is 9.64 Å². The summed E-state index contributed by atoms with van der Waals surface area (Å²) in [6.07, 6.45) is 0. The molecule has 0 radical (unpaired) electrons. The number of nitrogens with zero attached hydrogens (tertiary/aromatic N) is 1. The van der Waals surface area contributed by atoms with Gasteiger partial charge in [-0.3, -0.25) is 4.90 Å². The largest absolute Gasteiger partial charge is 0.467 e. The Balaban J connectivity index is 3.34. The van der Waals surface area contributed by atoms with Crippen LogP contribution >= 0.6 is 0 Å². The third kappa shape index (κ3) is 5.09. The molecule has 4 nitrogen and oxygen atoms in total. The first kappa shape index (κ1) is 11.4. The zero-order chi connectivity index (χ0) is 9.40. The van der Waals surface area contributed by atoms with Gasteiger partial charge in [-0.25, -0.2) is 4.79 Å². The summed E-state index contributed by atoms with van der Waals surface area (Å²) >= 11 is 0.